The number of pyridine rings is 1. The second kappa shape index (κ2) is 6.17. The average molecular weight is 263 g/mol. The Morgan fingerprint density at radius 3 is 2.83 bits per heavy atom. The molecule has 0 saturated carbocycles. The molecule has 0 spiro atoms. The zero-order valence-corrected chi connectivity index (χ0v) is 11.6. The molecule has 0 aliphatic heterocycles. The number of aromatic nitrogens is 1. The number of nitrogens with one attached hydrogen (secondary N) is 1. The Morgan fingerprint density at radius 2 is 2.11 bits per heavy atom. The van der Waals surface area contributed by atoms with E-state index in [1.165, 1.54) is 10.9 Å². The van der Waals surface area contributed by atoms with E-state index < -0.39 is 0 Å². The fourth-order valence-electron chi connectivity index (χ4n) is 1.95. The van der Waals surface area contributed by atoms with Gasteiger partial charge in [-0.3, -0.25) is 4.98 Å². The van der Waals surface area contributed by atoms with Crippen molar-refractivity contribution < 1.29 is 0 Å². The molecular formula is C15H19ClN2. The number of halogens is 1. The molecule has 1 aromatic heterocycles. The highest BCUT2D eigenvalue weighted by molar-refractivity contribution is 6.18. The van der Waals surface area contributed by atoms with E-state index in [1.54, 1.807) is 0 Å². The summed E-state index contributed by atoms with van der Waals surface area (Å²) >= 11 is 5.95. The molecule has 0 saturated heterocycles. The van der Waals surface area contributed by atoms with Gasteiger partial charge in [0.05, 0.1) is 5.52 Å². The first-order valence-corrected chi connectivity index (χ1v) is 6.87. The van der Waals surface area contributed by atoms with E-state index in [0.717, 1.165) is 12.1 Å². The Morgan fingerprint density at radius 1 is 1.28 bits per heavy atom. The third kappa shape index (κ3) is 3.21. The predicted molar refractivity (Wildman–Crippen MR) is 77.9 cm³/mol. The van der Waals surface area contributed by atoms with E-state index in [4.69, 9.17) is 11.6 Å². The van der Waals surface area contributed by atoms with Crippen molar-refractivity contribution in [2.75, 3.05) is 5.88 Å². The highest BCUT2D eigenvalue weighted by Gasteiger charge is 2.10. The van der Waals surface area contributed by atoms with Gasteiger partial charge in [0.25, 0.3) is 0 Å². The van der Waals surface area contributed by atoms with Crippen molar-refractivity contribution in [2.45, 2.75) is 26.4 Å². The van der Waals surface area contributed by atoms with Gasteiger partial charge in [-0.25, -0.2) is 0 Å². The van der Waals surface area contributed by atoms with Crippen molar-refractivity contribution in [3.63, 3.8) is 0 Å². The zero-order chi connectivity index (χ0) is 13.0. The number of rotatable bonds is 5. The minimum absolute atomic E-state index is 0.358. The molecule has 0 radical (unpaired) electrons. The molecule has 96 valence electrons. The van der Waals surface area contributed by atoms with Gasteiger partial charge in [0.2, 0.25) is 0 Å². The lowest BCUT2D eigenvalue weighted by Crippen LogP contribution is -2.34. The maximum absolute atomic E-state index is 5.95. The van der Waals surface area contributed by atoms with Crippen molar-refractivity contribution in [1.29, 1.82) is 0 Å². The average Bonchev–Trinajstić information content (AvgIpc) is 2.39. The largest absolute Gasteiger partial charge is 0.308 e. The lowest BCUT2D eigenvalue weighted by Gasteiger charge is -2.19. The molecular weight excluding hydrogens is 244 g/mol. The van der Waals surface area contributed by atoms with Crippen LogP contribution < -0.4 is 5.32 Å². The van der Waals surface area contributed by atoms with Crippen LogP contribution in [0.5, 0.6) is 0 Å². The molecule has 3 heteroatoms. The van der Waals surface area contributed by atoms with Crippen molar-refractivity contribution in [3.05, 3.63) is 42.1 Å². The van der Waals surface area contributed by atoms with E-state index in [2.05, 4.69) is 48.4 Å². The molecule has 1 atom stereocenters. The molecule has 1 N–H and O–H groups in total. The minimum Gasteiger partial charge on any atom is -0.308 e. The smallest absolute Gasteiger partial charge is 0.0702 e. The molecule has 0 fully saturated rings. The second-order valence-corrected chi connectivity index (χ2v) is 5.22. The lowest BCUT2D eigenvalue weighted by atomic mass is 10.1. The number of alkyl halides is 1. The van der Waals surface area contributed by atoms with Gasteiger partial charge >= 0.3 is 0 Å². The Kier molecular flexibility index (Phi) is 4.56. The summed E-state index contributed by atoms with van der Waals surface area (Å²) in [5.74, 6) is 1.19. The fraction of sp³-hybridized carbons (Fsp3) is 0.400. The topological polar surface area (TPSA) is 24.9 Å². The van der Waals surface area contributed by atoms with E-state index in [1.807, 2.05) is 12.3 Å². The number of benzene rings is 1. The molecule has 2 nitrogen and oxygen atoms in total. The molecule has 1 unspecified atom stereocenters. The number of nitrogens with zero attached hydrogens (tertiary/aromatic N) is 1. The quantitative estimate of drug-likeness (QED) is 0.833. The summed E-state index contributed by atoms with van der Waals surface area (Å²) in [6.45, 7) is 5.22. The molecule has 0 aliphatic rings. The first-order chi connectivity index (χ1) is 8.70. The molecule has 0 aliphatic carbocycles. The van der Waals surface area contributed by atoms with Gasteiger partial charge in [0, 0.05) is 30.0 Å². The Hall–Kier alpha value is -1.12. The summed E-state index contributed by atoms with van der Waals surface area (Å²) in [6.07, 6.45) is 1.82. The van der Waals surface area contributed by atoms with Crippen molar-refractivity contribution in [1.82, 2.24) is 10.3 Å². The lowest BCUT2D eigenvalue weighted by molar-refractivity contribution is 0.430. The summed E-state index contributed by atoms with van der Waals surface area (Å²) in [7, 11) is 0. The van der Waals surface area contributed by atoms with Gasteiger partial charge in [-0.2, -0.15) is 0 Å². The van der Waals surface area contributed by atoms with Crippen LogP contribution in [-0.4, -0.2) is 16.9 Å². The van der Waals surface area contributed by atoms with Gasteiger partial charge in [-0.05, 0) is 29.7 Å². The van der Waals surface area contributed by atoms with E-state index in [9.17, 15) is 0 Å². The van der Waals surface area contributed by atoms with Crippen LogP contribution in [0, 0.1) is 5.92 Å². The summed E-state index contributed by atoms with van der Waals surface area (Å²) < 4.78 is 0. The van der Waals surface area contributed by atoms with Crippen LogP contribution >= 0.6 is 11.6 Å². The molecule has 2 aromatic rings. The summed E-state index contributed by atoms with van der Waals surface area (Å²) in [4.78, 5) is 4.32. The van der Waals surface area contributed by atoms with Gasteiger partial charge in [0.15, 0.2) is 0 Å². The maximum Gasteiger partial charge on any atom is 0.0702 e. The second-order valence-electron chi connectivity index (χ2n) is 4.92. The van der Waals surface area contributed by atoms with Crippen LogP contribution in [0.1, 0.15) is 19.4 Å². The van der Waals surface area contributed by atoms with Gasteiger partial charge in [0.1, 0.15) is 0 Å². The van der Waals surface area contributed by atoms with E-state index in [0.29, 0.717) is 17.8 Å². The van der Waals surface area contributed by atoms with Gasteiger partial charge < -0.3 is 5.32 Å². The normalized spacial score (nSPS) is 13.1. The highest BCUT2D eigenvalue weighted by atomic mass is 35.5. The monoisotopic (exact) mass is 262 g/mol. The van der Waals surface area contributed by atoms with Crippen LogP contribution in [0.3, 0.4) is 0 Å². The first-order valence-electron chi connectivity index (χ1n) is 6.33. The predicted octanol–water partition coefficient (Wildman–Crippen LogP) is 3.59. The summed E-state index contributed by atoms with van der Waals surface area (Å²) in [5, 5.41) is 4.68. The highest BCUT2D eigenvalue weighted by Crippen LogP contribution is 2.14. The minimum atomic E-state index is 0.358. The Bertz CT molecular complexity index is 511. The summed E-state index contributed by atoms with van der Waals surface area (Å²) in [6, 6.07) is 10.8. The molecule has 1 heterocycles. The third-order valence-corrected chi connectivity index (χ3v) is 3.54. The Labute approximate surface area is 113 Å². The number of hydrogen-bond donors (Lipinski definition) is 1. The van der Waals surface area contributed by atoms with Crippen LogP contribution in [0.25, 0.3) is 10.9 Å². The first kappa shape index (κ1) is 13.3. The SMILES string of the molecule is CC(C)C(CCl)NCc1ccc2ncccc2c1. The number of fused-ring (bicyclic) bond motifs is 1. The molecule has 18 heavy (non-hydrogen) atoms. The van der Waals surface area contributed by atoms with Gasteiger partial charge in [-0.15, -0.1) is 11.6 Å². The fourth-order valence-corrected chi connectivity index (χ4v) is 2.42. The summed E-state index contributed by atoms with van der Waals surface area (Å²) in [5.41, 5.74) is 2.31. The van der Waals surface area contributed by atoms with E-state index >= 15 is 0 Å². The molecule has 1 aromatic carbocycles. The maximum atomic E-state index is 5.95. The zero-order valence-electron chi connectivity index (χ0n) is 10.9. The van der Waals surface area contributed by atoms with Crippen molar-refractivity contribution in [3.8, 4) is 0 Å². The number of hydrogen-bond acceptors (Lipinski definition) is 2. The molecule has 0 bridgehead atoms. The van der Waals surface area contributed by atoms with Crippen molar-refractivity contribution >= 4 is 22.5 Å². The van der Waals surface area contributed by atoms with Crippen LogP contribution in [0.4, 0.5) is 0 Å². The standard InChI is InChI=1S/C15H19ClN2/c1-11(2)15(9-16)18-10-12-5-6-14-13(8-12)4-3-7-17-14/h3-8,11,15,18H,9-10H2,1-2H3. The molecule has 0 amide bonds. The van der Waals surface area contributed by atoms with Crippen LogP contribution in [0.2, 0.25) is 0 Å². The third-order valence-electron chi connectivity index (χ3n) is 3.21. The Balaban J connectivity index is 2.07. The van der Waals surface area contributed by atoms with Crippen molar-refractivity contribution in [2.24, 2.45) is 5.92 Å². The van der Waals surface area contributed by atoms with Crippen LogP contribution in [-0.2, 0) is 6.54 Å². The molecule has 2 rings (SSSR count). The van der Waals surface area contributed by atoms with E-state index in [-0.39, 0.29) is 0 Å². The van der Waals surface area contributed by atoms with Gasteiger partial charge in [-0.1, -0.05) is 26.0 Å². The van der Waals surface area contributed by atoms with Crippen LogP contribution in [0.15, 0.2) is 36.5 Å².